The minimum Gasteiger partial charge on any atom is -0.342 e. The zero-order chi connectivity index (χ0) is 13.8. The highest BCUT2D eigenvalue weighted by Crippen LogP contribution is 1.92. The van der Waals surface area contributed by atoms with Crippen LogP contribution in [0.4, 0.5) is 4.79 Å². The van der Waals surface area contributed by atoms with Gasteiger partial charge in [0.15, 0.2) is 8.46 Å². The summed E-state index contributed by atoms with van der Waals surface area (Å²) in [5, 5.41) is 5.33. The first-order valence-electron chi connectivity index (χ1n) is 5.80. The second-order valence-electron chi connectivity index (χ2n) is 3.71. The Bertz CT molecular complexity index is 297. The van der Waals surface area contributed by atoms with Gasteiger partial charge >= 0.3 is 6.03 Å². The van der Waals surface area contributed by atoms with Gasteiger partial charge in [-0.15, -0.1) is 0 Å². The van der Waals surface area contributed by atoms with E-state index < -0.39 is 0 Å². The molecular weight excluding hydrogens is 253 g/mol. The largest absolute Gasteiger partial charge is 0.342 e. The Morgan fingerprint density at radius 2 is 1.89 bits per heavy atom. The number of carbonyl (C=O) groups is 2. The van der Waals surface area contributed by atoms with E-state index in [1.807, 2.05) is 0 Å². The van der Waals surface area contributed by atoms with Gasteiger partial charge in [0.25, 0.3) is 0 Å². The zero-order valence-electron chi connectivity index (χ0n) is 10.6. The van der Waals surface area contributed by atoms with Crippen LogP contribution in [0, 0.1) is 0 Å². The number of amides is 3. The van der Waals surface area contributed by atoms with Crippen LogP contribution in [0.25, 0.3) is 0 Å². The van der Waals surface area contributed by atoms with Crippen LogP contribution in [0.1, 0.15) is 12.8 Å². The molecule has 0 fully saturated rings. The van der Waals surface area contributed by atoms with Crippen LogP contribution in [-0.4, -0.2) is 49.7 Å². The number of likely N-dealkylation sites (N-methyl/N-ethyl adjacent to an activating group) is 1. The van der Waals surface area contributed by atoms with Gasteiger partial charge in [0.2, 0.25) is 5.91 Å². The molecule has 0 aromatic carbocycles. The van der Waals surface area contributed by atoms with E-state index in [4.69, 9.17) is 0 Å². The van der Waals surface area contributed by atoms with Gasteiger partial charge in [0.1, 0.15) is 0 Å². The van der Waals surface area contributed by atoms with E-state index in [0.717, 1.165) is 0 Å². The van der Waals surface area contributed by atoms with E-state index in [9.17, 15) is 14.2 Å². The Morgan fingerprint density at radius 1 is 1.28 bits per heavy atom. The van der Waals surface area contributed by atoms with Gasteiger partial charge in [-0.05, 0) is 18.9 Å². The lowest BCUT2D eigenvalue weighted by atomic mass is 10.4. The number of rotatable bonds is 9. The van der Waals surface area contributed by atoms with Crippen LogP contribution in [0.3, 0.4) is 0 Å². The summed E-state index contributed by atoms with van der Waals surface area (Å²) < 4.78 is 10.1. The first kappa shape index (κ1) is 16.6. The molecule has 0 saturated carbocycles. The summed E-state index contributed by atoms with van der Waals surface area (Å²) in [6.45, 7) is 4.97. The number of nitrogens with one attached hydrogen (secondary N) is 2. The summed E-state index contributed by atoms with van der Waals surface area (Å²) in [5.41, 5.74) is 0. The first-order valence-corrected chi connectivity index (χ1v) is 6.80. The van der Waals surface area contributed by atoms with Crippen molar-refractivity contribution >= 4 is 20.4 Å². The lowest BCUT2D eigenvalue weighted by molar-refractivity contribution is -0.124. The first-order chi connectivity index (χ1) is 8.61. The molecule has 0 aromatic rings. The molecule has 0 spiro atoms. The third-order valence-corrected chi connectivity index (χ3v) is 2.72. The van der Waals surface area contributed by atoms with Crippen molar-refractivity contribution in [2.75, 3.05) is 32.8 Å². The maximum absolute atomic E-state index is 11.2. The van der Waals surface area contributed by atoms with Crippen LogP contribution < -0.4 is 10.6 Å². The van der Waals surface area contributed by atoms with Crippen molar-refractivity contribution in [3.63, 3.8) is 0 Å². The average molecular weight is 273 g/mol. The number of nitrogens with zero attached hydrogens (tertiary/aromatic N) is 1. The van der Waals surface area contributed by atoms with Gasteiger partial charge in [-0.25, -0.2) is 4.79 Å². The van der Waals surface area contributed by atoms with Crippen molar-refractivity contribution in [1.82, 2.24) is 15.5 Å². The second-order valence-corrected chi connectivity index (χ2v) is 4.41. The fourth-order valence-corrected chi connectivity index (χ4v) is 1.48. The van der Waals surface area contributed by atoms with Crippen molar-refractivity contribution in [2.24, 2.45) is 0 Å². The molecule has 0 saturated heterocycles. The van der Waals surface area contributed by atoms with E-state index in [1.165, 1.54) is 6.08 Å². The molecule has 7 heteroatoms. The predicted octanol–water partition coefficient (Wildman–Crippen LogP) is 1.00. The summed E-state index contributed by atoms with van der Waals surface area (Å²) in [7, 11) is 1.79. The molecule has 0 aliphatic rings. The maximum atomic E-state index is 11.2. The van der Waals surface area contributed by atoms with Gasteiger partial charge in [-0.2, -0.15) is 0 Å². The molecule has 0 heterocycles. The number of hydrogen-bond donors (Lipinski definition) is 2. The molecule has 102 valence electrons. The Kier molecular flexibility index (Phi) is 9.87. The Balaban J connectivity index is 3.48. The van der Waals surface area contributed by atoms with E-state index >= 15 is 0 Å². The Morgan fingerprint density at radius 3 is 2.44 bits per heavy atom. The molecule has 0 bridgehead atoms. The molecule has 0 aromatic heterocycles. The van der Waals surface area contributed by atoms with Crippen LogP contribution >= 0.6 is 8.46 Å². The van der Waals surface area contributed by atoms with Gasteiger partial charge in [-0.1, -0.05) is 6.58 Å². The molecule has 18 heavy (non-hydrogen) atoms. The lowest BCUT2D eigenvalue weighted by Gasteiger charge is -2.14. The van der Waals surface area contributed by atoms with Gasteiger partial charge in [0, 0.05) is 32.8 Å². The van der Waals surface area contributed by atoms with Gasteiger partial charge in [-0.3, -0.25) is 9.36 Å². The van der Waals surface area contributed by atoms with Crippen molar-refractivity contribution in [1.29, 1.82) is 0 Å². The monoisotopic (exact) mass is 273 g/mol. The van der Waals surface area contributed by atoms with Crippen LogP contribution in [-0.2, 0) is 9.36 Å². The number of urea groups is 1. The van der Waals surface area contributed by atoms with Gasteiger partial charge < -0.3 is 15.5 Å². The fraction of sp³-hybridized carbons (Fsp3) is 0.636. The second kappa shape index (κ2) is 10.7. The Hall–Kier alpha value is -1.42. The molecule has 0 aliphatic heterocycles. The highest BCUT2D eigenvalue weighted by molar-refractivity contribution is 7.23. The summed E-state index contributed by atoms with van der Waals surface area (Å²) in [6.07, 6.45) is 3.18. The summed E-state index contributed by atoms with van der Waals surface area (Å²) in [5.74, 6) is -0.128. The highest BCUT2D eigenvalue weighted by Gasteiger charge is 2.03. The Labute approximate surface area is 109 Å². The quantitative estimate of drug-likeness (QED) is 0.374. The minimum atomic E-state index is -0.240. The number of hydrogen-bond acceptors (Lipinski definition) is 3. The van der Waals surface area contributed by atoms with Crippen LogP contribution in [0.5, 0.6) is 0 Å². The molecule has 3 amide bonds. The lowest BCUT2D eigenvalue weighted by Crippen LogP contribution is -2.37. The standard InChI is InChI=1S/C11H20N3O3P/c1-3-10(15)14(2)8-4-6-12-11(16)13-7-5-9-18-17/h3H,1,4-9H2,2H3,(H2,12,13,16). The van der Waals surface area contributed by atoms with Crippen LogP contribution in [0.2, 0.25) is 0 Å². The fourth-order valence-electron chi connectivity index (χ4n) is 1.19. The third-order valence-electron chi connectivity index (χ3n) is 2.22. The zero-order valence-corrected chi connectivity index (χ0v) is 11.5. The van der Waals surface area contributed by atoms with E-state index in [2.05, 4.69) is 17.2 Å². The molecule has 0 aliphatic carbocycles. The van der Waals surface area contributed by atoms with Crippen LogP contribution in [0.15, 0.2) is 12.7 Å². The normalized spacial score (nSPS) is 9.83. The van der Waals surface area contributed by atoms with Crippen molar-refractivity contribution in [2.45, 2.75) is 12.8 Å². The van der Waals surface area contributed by atoms with E-state index in [0.29, 0.717) is 38.6 Å². The molecule has 0 unspecified atom stereocenters. The molecule has 0 rings (SSSR count). The smallest absolute Gasteiger partial charge is 0.314 e. The van der Waals surface area contributed by atoms with Gasteiger partial charge in [0.05, 0.1) is 0 Å². The molecule has 0 radical (unpaired) electrons. The van der Waals surface area contributed by atoms with Crippen molar-refractivity contribution in [3.05, 3.63) is 12.7 Å². The van der Waals surface area contributed by atoms with E-state index in [1.54, 1.807) is 11.9 Å². The van der Waals surface area contributed by atoms with E-state index in [-0.39, 0.29) is 20.4 Å². The average Bonchev–Trinajstić information content (AvgIpc) is 2.38. The summed E-state index contributed by atoms with van der Waals surface area (Å²) in [6, 6.07) is -0.240. The van der Waals surface area contributed by atoms with Crippen molar-refractivity contribution in [3.8, 4) is 0 Å². The molecule has 0 atom stereocenters. The minimum absolute atomic E-state index is 0.102. The topological polar surface area (TPSA) is 78.5 Å². The maximum Gasteiger partial charge on any atom is 0.314 e. The molecule has 2 N–H and O–H groups in total. The predicted molar refractivity (Wildman–Crippen MR) is 70.9 cm³/mol. The van der Waals surface area contributed by atoms with Crippen molar-refractivity contribution < 1.29 is 14.2 Å². The number of carbonyl (C=O) groups excluding carboxylic acids is 2. The SMILES string of the molecule is C=CC(=O)N(C)CCCNC(=O)NCCCP=O. The highest BCUT2D eigenvalue weighted by atomic mass is 31.1. The molecule has 6 nitrogen and oxygen atoms in total. The third kappa shape index (κ3) is 8.70. The summed E-state index contributed by atoms with van der Waals surface area (Å²) >= 11 is 0. The summed E-state index contributed by atoms with van der Waals surface area (Å²) in [4.78, 5) is 23.9. The molecular formula is C11H20N3O3P.